The highest BCUT2D eigenvalue weighted by Crippen LogP contribution is 2.23. The monoisotopic (exact) mass is 339 g/mol. The van der Waals surface area contributed by atoms with Crippen LogP contribution in [0.4, 0.5) is 0 Å². The van der Waals surface area contributed by atoms with Gasteiger partial charge in [-0.15, -0.1) is 0 Å². The highest BCUT2D eigenvalue weighted by Gasteiger charge is 2.22. The van der Waals surface area contributed by atoms with E-state index in [0.29, 0.717) is 6.04 Å². The van der Waals surface area contributed by atoms with E-state index in [1.165, 1.54) is 43.4 Å². The zero-order valence-corrected chi connectivity index (χ0v) is 15.4. The third-order valence-corrected chi connectivity index (χ3v) is 5.14. The lowest BCUT2D eigenvalue weighted by molar-refractivity contribution is 0.132. The summed E-state index contributed by atoms with van der Waals surface area (Å²) >= 11 is 0. The molecule has 0 radical (unpaired) electrons. The predicted octanol–water partition coefficient (Wildman–Crippen LogP) is 4.03. The molecule has 4 nitrogen and oxygen atoms in total. The van der Waals surface area contributed by atoms with Gasteiger partial charge in [0.1, 0.15) is 11.6 Å². The lowest BCUT2D eigenvalue weighted by atomic mass is 9.95. The Morgan fingerprint density at radius 2 is 1.84 bits per heavy atom. The molecular formula is C21H29N3O. The summed E-state index contributed by atoms with van der Waals surface area (Å²) in [6, 6.07) is 9.13. The van der Waals surface area contributed by atoms with Gasteiger partial charge in [-0.25, -0.2) is 9.97 Å². The molecule has 25 heavy (non-hydrogen) atoms. The number of rotatable bonds is 7. The molecule has 1 atom stereocenters. The van der Waals surface area contributed by atoms with Gasteiger partial charge < -0.3 is 4.74 Å². The summed E-state index contributed by atoms with van der Waals surface area (Å²) in [6.45, 7) is 4.24. The molecule has 0 N–H and O–H groups in total. The summed E-state index contributed by atoms with van der Waals surface area (Å²) in [7, 11) is 1.71. The lowest BCUT2D eigenvalue weighted by Crippen LogP contribution is -2.39. The number of aryl methyl sites for hydroxylation is 2. The van der Waals surface area contributed by atoms with Crippen molar-refractivity contribution in [3.05, 3.63) is 53.6 Å². The van der Waals surface area contributed by atoms with Crippen LogP contribution in [0, 0.1) is 0 Å². The molecular weight excluding hydrogens is 310 g/mol. The van der Waals surface area contributed by atoms with Crippen LogP contribution < -0.4 is 4.74 Å². The van der Waals surface area contributed by atoms with Crippen molar-refractivity contribution in [2.75, 3.05) is 13.7 Å². The maximum atomic E-state index is 5.24. The molecule has 4 heteroatoms. The Morgan fingerprint density at radius 3 is 2.52 bits per heavy atom. The third-order valence-electron chi connectivity index (χ3n) is 5.14. The van der Waals surface area contributed by atoms with Crippen molar-refractivity contribution in [2.45, 2.75) is 58.0 Å². The average molecular weight is 339 g/mol. The van der Waals surface area contributed by atoms with Gasteiger partial charge in [-0.1, -0.05) is 25.5 Å². The van der Waals surface area contributed by atoms with Crippen LogP contribution in [0.2, 0.25) is 0 Å². The first-order chi connectivity index (χ1) is 12.3. The minimum absolute atomic E-state index is 0.654. The van der Waals surface area contributed by atoms with E-state index >= 15 is 0 Å². The van der Waals surface area contributed by atoms with Gasteiger partial charge in [-0.05, 0) is 49.9 Å². The first kappa shape index (κ1) is 17.9. The summed E-state index contributed by atoms with van der Waals surface area (Å²) in [5.74, 6) is 1.86. The maximum Gasteiger partial charge on any atom is 0.127 e. The van der Waals surface area contributed by atoms with Gasteiger partial charge in [0, 0.05) is 37.0 Å². The van der Waals surface area contributed by atoms with Gasteiger partial charge >= 0.3 is 0 Å². The van der Waals surface area contributed by atoms with E-state index in [0.717, 1.165) is 31.0 Å². The van der Waals surface area contributed by atoms with Gasteiger partial charge in [0.15, 0.2) is 0 Å². The fourth-order valence-corrected chi connectivity index (χ4v) is 3.60. The standard InChI is InChI=1S/C21H29N3O/c1-3-21-22-14-18(15-23-21)16-24-13-5-4-6-19(24)10-7-17-8-11-20(25-2)12-9-17/h8-9,11-12,14-15,19H,3-7,10,13,16H2,1-2H3. The number of hydrogen-bond acceptors (Lipinski definition) is 4. The van der Waals surface area contributed by atoms with Crippen molar-refractivity contribution in [1.29, 1.82) is 0 Å². The molecule has 1 unspecified atom stereocenters. The maximum absolute atomic E-state index is 5.24. The van der Waals surface area contributed by atoms with E-state index in [1.807, 2.05) is 12.4 Å². The van der Waals surface area contributed by atoms with Gasteiger partial charge in [-0.2, -0.15) is 0 Å². The summed E-state index contributed by atoms with van der Waals surface area (Å²) in [4.78, 5) is 11.5. The van der Waals surface area contributed by atoms with E-state index in [4.69, 9.17) is 4.74 Å². The van der Waals surface area contributed by atoms with E-state index in [1.54, 1.807) is 7.11 Å². The largest absolute Gasteiger partial charge is 0.497 e. The quantitative estimate of drug-likeness (QED) is 0.763. The van der Waals surface area contributed by atoms with Crippen molar-refractivity contribution >= 4 is 0 Å². The van der Waals surface area contributed by atoms with Crippen LogP contribution >= 0.6 is 0 Å². The molecule has 3 rings (SSSR count). The molecule has 2 aromatic rings. The SMILES string of the molecule is CCc1ncc(CN2CCCCC2CCc2ccc(OC)cc2)cn1. The van der Waals surface area contributed by atoms with Gasteiger partial charge in [0.2, 0.25) is 0 Å². The van der Waals surface area contributed by atoms with Crippen LogP contribution in [0.5, 0.6) is 5.75 Å². The van der Waals surface area contributed by atoms with Crippen LogP contribution in [0.1, 0.15) is 49.6 Å². The van der Waals surface area contributed by atoms with Crippen LogP contribution in [0.15, 0.2) is 36.7 Å². The molecule has 1 aromatic heterocycles. The normalized spacial score (nSPS) is 18.2. The first-order valence-corrected chi connectivity index (χ1v) is 9.45. The van der Waals surface area contributed by atoms with Crippen LogP contribution in [-0.2, 0) is 19.4 Å². The Balaban J connectivity index is 1.57. The van der Waals surface area contributed by atoms with Crippen molar-refractivity contribution in [1.82, 2.24) is 14.9 Å². The van der Waals surface area contributed by atoms with Gasteiger partial charge in [-0.3, -0.25) is 4.90 Å². The third kappa shape index (κ3) is 5.02. The zero-order valence-electron chi connectivity index (χ0n) is 15.4. The number of hydrogen-bond donors (Lipinski definition) is 0. The summed E-state index contributed by atoms with van der Waals surface area (Å²) < 4.78 is 5.24. The summed E-state index contributed by atoms with van der Waals surface area (Å²) in [5.41, 5.74) is 2.62. The van der Waals surface area contributed by atoms with Gasteiger partial charge in [0.25, 0.3) is 0 Å². The first-order valence-electron chi connectivity index (χ1n) is 9.45. The molecule has 1 aromatic carbocycles. The Hall–Kier alpha value is -1.94. The van der Waals surface area contributed by atoms with Crippen molar-refractivity contribution < 1.29 is 4.74 Å². The molecule has 134 valence electrons. The summed E-state index contributed by atoms with van der Waals surface area (Å²) in [6.07, 6.45) is 11.2. The van der Waals surface area contributed by atoms with Crippen molar-refractivity contribution in [2.24, 2.45) is 0 Å². The fraction of sp³-hybridized carbons (Fsp3) is 0.524. The molecule has 0 spiro atoms. The zero-order chi connectivity index (χ0) is 17.5. The lowest BCUT2D eigenvalue weighted by Gasteiger charge is -2.35. The van der Waals surface area contributed by atoms with Gasteiger partial charge in [0.05, 0.1) is 7.11 Å². The van der Waals surface area contributed by atoms with Crippen LogP contribution in [0.3, 0.4) is 0 Å². The number of likely N-dealkylation sites (tertiary alicyclic amines) is 1. The number of methoxy groups -OCH3 is 1. The summed E-state index contributed by atoms with van der Waals surface area (Å²) in [5, 5.41) is 0. The number of aromatic nitrogens is 2. The molecule has 0 saturated carbocycles. The molecule has 1 saturated heterocycles. The molecule has 2 heterocycles. The Morgan fingerprint density at radius 1 is 1.08 bits per heavy atom. The smallest absolute Gasteiger partial charge is 0.127 e. The van der Waals surface area contributed by atoms with Crippen LogP contribution in [0.25, 0.3) is 0 Å². The molecule has 0 bridgehead atoms. The number of piperidine rings is 1. The molecule has 0 aliphatic carbocycles. The molecule has 0 amide bonds. The molecule has 1 fully saturated rings. The van der Waals surface area contributed by atoms with Crippen molar-refractivity contribution in [3.8, 4) is 5.75 Å². The van der Waals surface area contributed by atoms with E-state index < -0.39 is 0 Å². The molecule has 1 aliphatic rings. The molecule has 1 aliphatic heterocycles. The predicted molar refractivity (Wildman–Crippen MR) is 101 cm³/mol. The highest BCUT2D eigenvalue weighted by molar-refractivity contribution is 5.27. The second kappa shape index (κ2) is 8.95. The van der Waals surface area contributed by atoms with E-state index in [-0.39, 0.29) is 0 Å². The number of nitrogens with zero attached hydrogens (tertiary/aromatic N) is 3. The number of ether oxygens (including phenoxy) is 1. The average Bonchev–Trinajstić information content (AvgIpc) is 2.68. The highest BCUT2D eigenvalue weighted by atomic mass is 16.5. The minimum Gasteiger partial charge on any atom is -0.497 e. The second-order valence-corrected chi connectivity index (χ2v) is 6.87. The fourth-order valence-electron chi connectivity index (χ4n) is 3.60. The van der Waals surface area contributed by atoms with Crippen molar-refractivity contribution in [3.63, 3.8) is 0 Å². The van der Waals surface area contributed by atoms with Crippen LogP contribution in [-0.4, -0.2) is 34.6 Å². The minimum atomic E-state index is 0.654. The Kier molecular flexibility index (Phi) is 6.40. The second-order valence-electron chi connectivity index (χ2n) is 6.87. The van der Waals surface area contributed by atoms with E-state index in [9.17, 15) is 0 Å². The topological polar surface area (TPSA) is 38.2 Å². The Labute approximate surface area is 151 Å². The number of benzene rings is 1. The Bertz CT molecular complexity index is 639. The van der Waals surface area contributed by atoms with E-state index in [2.05, 4.69) is 46.1 Å².